The summed E-state index contributed by atoms with van der Waals surface area (Å²) in [6.07, 6.45) is 1.68. The van der Waals surface area contributed by atoms with Crippen LogP contribution in [0.25, 0.3) is 6.08 Å². The zero-order valence-electron chi connectivity index (χ0n) is 13.4. The van der Waals surface area contributed by atoms with E-state index in [1.165, 1.54) is 30.0 Å². The second kappa shape index (κ2) is 7.57. The molecule has 1 amide bonds. The number of nitrogens with zero attached hydrogens (tertiary/aromatic N) is 1. The highest BCUT2D eigenvalue weighted by atomic mass is 35.5. The van der Waals surface area contributed by atoms with Crippen molar-refractivity contribution in [2.45, 2.75) is 6.92 Å². The van der Waals surface area contributed by atoms with Crippen molar-refractivity contribution >= 4 is 63.5 Å². The van der Waals surface area contributed by atoms with Crippen molar-refractivity contribution in [3.05, 3.63) is 63.8 Å². The van der Waals surface area contributed by atoms with Gasteiger partial charge in [-0.05, 0) is 42.0 Å². The van der Waals surface area contributed by atoms with Crippen LogP contribution in [-0.2, 0) is 9.59 Å². The number of rotatable bonds is 3. The van der Waals surface area contributed by atoms with E-state index in [-0.39, 0.29) is 10.9 Å². The largest absolute Gasteiger partial charge is 0.427 e. The molecular weight excluding hydrogens is 397 g/mol. The Hall–Kier alpha value is -2.22. The molecule has 0 aromatic heterocycles. The Bertz CT molecular complexity index is 944. The smallest absolute Gasteiger partial charge is 0.308 e. The van der Waals surface area contributed by atoms with E-state index in [4.69, 9.17) is 28.6 Å². The summed E-state index contributed by atoms with van der Waals surface area (Å²) >= 11 is 12.2. The van der Waals surface area contributed by atoms with Crippen LogP contribution >= 0.6 is 35.6 Å². The molecule has 26 heavy (non-hydrogen) atoms. The topological polar surface area (TPSA) is 46.6 Å². The SMILES string of the molecule is CC(=O)Oc1ccc(/C=C2/SC(=S)N(c3ccc(F)c(Cl)c3)C2=O)cc1. The van der Waals surface area contributed by atoms with Crippen molar-refractivity contribution in [2.75, 3.05) is 4.90 Å². The molecule has 8 heteroatoms. The summed E-state index contributed by atoms with van der Waals surface area (Å²) in [4.78, 5) is 25.3. The molecule has 0 aliphatic carbocycles. The van der Waals surface area contributed by atoms with E-state index in [0.717, 1.165) is 17.3 Å². The molecule has 2 aromatic rings. The minimum absolute atomic E-state index is 0.0819. The highest BCUT2D eigenvalue weighted by Crippen LogP contribution is 2.37. The lowest BCUT2D eigenvalue weighted by Crippen LogP contribution is -2.27. The van der Waals surface area contributed by atoms with E-state index in [9.17, 15) is 14.0 Å². The minimum Gasteiger partial charge on any atom is -0.427 e. The summed E-state index contributed by atoms with van der Waals surface area (Å²) < 4.78 is 18.6. The van der Waals surface area contributed by atoms with Gasteiger partial charge < -0.3 is 4.74 Å². The molecule has 0 bridgehead atoms. The average Bonchev–Trinajstić information content (AvgIpc) is 2.85. The Labute approximate surface area is 163 Å². The first-order valence-corrected chi connectivity index (χ1v) is 8.97. The Balaban J connectivity index is 1.85. The first-order valence-electron chi connectivity index (χ1n) is 7.36. The number of thioether (sulfide) groups is 1. The summed E-state index contributed by atoms with van der Waals surface area (Å²) in [6, 6.07) is 10.7. The zero-order chi connectivity index (χ0) is 18.8. The lowest BCUT2D eigenvalue weighted by molar-refractivity contribution is -0.131. The molecule has 0 spiro atoms. The molecule has 1 aliphatic heterocycles. The van der Waals surface area contributed by atoms with Crippen LogP contribution in [-0.4, -0.2) is 16.2 Å². The standard InChI is InChI=1S/C18H11ClFNO3S2/c1-10(22)24-13-5-2-11(3-6-13)8-16-17(23)21(18(25)26-16)12-4-7-15(20)14(19)9-12/h2-9H,1H3/b16-8+. The zero-order valence-corrected chi connectivity index (χ0v) is 15.8. The molecule has 132 valence electrons. The predicted molar refractivity (Wildman–Crippen MR) is 105 cm³/mol. The lowest BCUT2D eigenvalue weighted by atomic mass is 10.2. The van der Waals surface area contributed by atoms with Gasteiger partial charge in [-0.15, -0.1) is 0 Å². The summed E-state index contributed by atoms with van der Waals surface area (Å²) in [6.45, 7) is 1.32. The highest BCUT2D eigenvalue weighted by molar-refractivity contribution is 8.27. The van der Waals surface area contributed by atoms with Gasteiger partial charge in [0, 0.05) is 6.92 Å². The third-order valence-electron chi connectivity index (χ3n) is 3.39. The third kappa shape index (κ3) is 3.95. The van der Waals surface area contributed by atoms with Gasteiger partial charge in [0.1, 0.15) is 11.6 Å². The van der Waals surface area contributed by atoms with Crippen LogP contribution in [0.2, 0.25) is 5.02 Å². The first kappa shape index (κ1) is 18.6. The van der Waals surface area contributed by atoms with Gasteiger partial charge in [0.2, 0.25) is 0 Å². The number of hydrogen-bond donors (Lipinski definition) is 0. The van der Waals surface area contributed by atoms with Gasteiger partial charge in [-0.2, -0.15) is 0 Å². The van der Waals surface area contributed by atoms with Crippen molar-refractivity contribution in [2.24, 2.45) is 0 Å². The van der Waals surface area contributed by atoms with Gasteiger partial charge in [-0.3, -0.25) is 14.5 Å². The number of hydrogen-bond acceptors (Lipinski definition) is 5. The second-order valence-electron chi connectivity index (χ2n) is 5.28. The number of thiocarbonyl (C=S) groups is 1. The van der Waals surface area contributed by atoms with Gasteiger partial charge in [0.05, 0.1) is 15.6 Å². The van der Waals surface area contributed by atoms with Crippen molar-refractivity contribution < 1.29 is 18.7 Å². The molecule has 1 heterocycles. The van der Waals surface area contributed by atoms with Crippen LogP contribution in [0.5, 0.6) is 5.75 Å². The monoisotopic (exact) mass is 407 g/mol. The third-order valence-corrected chi connectivity index (χ3v) is 4.99. The molecule has 2 aromatic carbocycles. The van der Waals surface area contributed by atoms with E-state index in [0.29, 0.717) is 20.7 Å². The Morgan fingerprint density at radius 1 is 1.27 bits per heavy atom. The Kier molecular flexibility index (Phi) is 5.41. The molecule has 1 saturated heterocycles. The number of esters is 1. The van der Waals surface area contributed by atoms with Crippen LogP contribution < -0.4 is 9.64 Å². The number of benzene rings is 2. The van der Waals surface area contributed by atoms with E-state index in [1.807, 2.05) is 0 Å². The lowest BCUT2D eigenvalue weighted by Gasteiger charge is -2.14. The summed E-state index contributed by atoms with van der Waals surface area (Å²) in [5.74, 6) is -0.865. The Morgan fingerprint density at radius 3 is 2.58 bits per heavy atom. The van der Waals surface area contributed by atoms with Crippen LogP contribution in [0.1, 0.15) is 12.5 Å². The fourth-order valence-electron chi connectivity index (χ4n) is 2.26. The maximum absolute atomic E-state index is 13.3. The van der Waals surface area contributed by atoms with E-state index < -0.39 is 11.8 Å². The van der Waals surface area contributed by atoms with Crippen LogP contribution in [0.15, 0.2) is 47.4 Å². The molecular formula is C18H11ClFNO3S2. The van der Waals surface area contributed by atoms with Gasteiger partial charge >= 0.3 is 5.97 Å². The molecule has 0 saturated carbocycles. The van der Waals surface area contributed by atoms with Crippen LogP contribution in [0.4, 0.5) is 10.1 Å². The van der Waals surface area contributed by atoms with Crippen molar-refractivity contribution in [3.63, 3.8) is 0 Å². The van der Waals surface area contributed by atoms with Crippen LogP contribution in [0.3, 0.4) is 0 Å². The fourth-order valence-corrected chi connectivity index (χ4v) is 3.74. The second-order valence-corrected chi connectivity index (χ2v) is 7.36. The maximum Gasteiger partial charge on any atom is 0.308 e. The van der Waals surface area contributed by atoms with Crippen molar-refractivity contribution in [1.29, 1.82) is 0 Å². The van der Waals surface area contributed by atoms with Crippen molar-refractivity contribution in [3.8, 4) is 5.75 Å². The fraction of sp³-hybridized carbons (Fsp3) is 0.0556. The van der Waals surface area contributed by atoms with Crippen LogP contribution in [0, 0.1) is 5.82 Å². The van der Waals surface area contributed by atoms with Gasteiger partial charge in [-0.25, -0.2) is 4.39 Å². The van der Waals surface area contributed by atoms with Gasteiger partial charge in [0.25, 0.3) is 5.91 Å². The maximum atomic E-state index is 13.3. The van der Waals surface area contributed by atoms with Gasteiger partial charge in [-0.1, -0.05) is 47.7 Å². The molecule has 0 unspecified atom stereocenters. The number of ether oxygens (including phenoxy) is 1. The summed E-state index contributed by atoms with van der Waals surface area (Å²) in [5, 5.41) is -0.0819. The molecule has 3 rings (SSSR count). The quantitative estimate of drug-likeness (QED) is 0.316. The van der Waals surface area contributed by atoms with E-state index in [1.54, 1.807) is 30.3 Å². The van der Waals surface area contributed by atoms with Crippen molar-refractivity contribution in [1.82, 2.24) is 0 Å². The summed E-state index contributed by atoms with van der Waals surface area (Å²) in [5.41, 5.74) is 1.16. The number of carbonyl (C=O) groups excluding carboxylic acids is 2. The molecule has 0 radical (unpaired) electrons. The molecule has 4 nitrogen and oxygen atoms in total. The minimum atomic E-state index is -0.565. The molecule has 1 fully saturated rings. The molecule has 0 N–H and O–H groups in total. The molecule has 1 aliphatic rings. The average molecular weight is 408 g/mol. The van der Waals surface area contributed by atoms with E-state index in [2.05, 4.69) is 0 Å². The number of amides is 1. The van der Waals surface area contributed by atoms with E-state index >= 15 is 0 Å². The predicted octanol–water partition coefficient (Wildman–Crippen LogP) is 4.81. The first-order chi connectivity index (χ1) is 12.3. The summed E-state index contributed by atoms with van der Waals surface area (Å²) in [7, 11) is 0. The Morgan fingerprint density at radius 2 is 1.96 bits per heavy atom. The normalized spacial score (nSPS) is 15.7. The van der Waals surface area contributed by atoms with Gasteiger partial charge in [0.15, 0.2) is 4.32 Å². The number of carbonyl (C=O) groups is 2. The number of halogens is 2. The number of anilines is 1. The molecule has 0 atom stereocenters. The highest BCUT2D eigenvalue weighted by Gasteiger charge is 2.33.